The summed E-state index contributed by atoms with van der Waals surface area (Å²) in [6.07, 6.45) is 15.8. The van der Waals surface area contributed by atoms with Crippen LogP contribution in [0.2, 0.25) is 5.02 Å². The van der Waals surface area contributed by atoms with Gasteiger partial charge in [0.1, 0.15) is 0 Å². The maximum absolute atomic E-state index is 6.16. The van der Waals surface area contributed by atoms with Crippen molar-refractivity contribution in [1.82, 2.24) is 30.1 Å². The Morgan fingerprint density at radius 1 is 0.865 bits per heavy atom. The number of nitrogens with one attached hydrogen (secondary N) is 2. The lowest BCUT2D eigenvalue weighted by atomic mass is 10.0. The highest BCUT2D eigenvalue weighted by Gasteiger charge is 2.27. The Labute approximate surface area is 227 Å². The van der Waals surface area contributed by atoms with E-state index in [4.69, 9.17) is 16.6 Å². The van der Waals surface area contributed by atoms with Crippen molar-refractivity contribution in [2.24, 2.45) is 0 Å². The smallest absolute Gasteiger partial charge is 0.0921 e. The molecule has 1 aliphatic heterocycles. The fourth-order valence-corrected chi connectivity index (χ4v) is 5.35. The van der Waals surface area contributed by atoms with Crippen LogP contribution in [-0.4, -0.2) is 70.6 Å². The van der Waals surface area contributed by atoms with E-state index in [2.05, 4.69) is 49.4 Å². The van der Waals surface area contributed by atoms with Crippen LogP contribution in [0.5, 0.6) is 0 Å². The highest BCUT2D eigenvalue weighted by molar-refractivity contribution is 6.30. The molecule has 0 radical (unpaired) electrons. The number of halogens is 1. The van der Waals surface area contributed by atoms with Gasteiger partial charge in [-0.1, -0.05) is 49.1 Å². The van der Waals surface area contributed by atoms with Crippen LogP contribution in [0.4, 0.5) is 0 Å². The van der Waals surface area contributed by atoms with E-state index in [1.54, 1.807) is 6.33 Å². The molecule has 3 heterocycles. The van der Waals surface area contributed by atoms with Gasteiger partial charge in [0.05, 0.1) is 18.1 Å². The molecule has 1 aliphatic rings. The van der Waals surface area contributed by atoms with Gasteiger partial charge in [0.25, 0.3) is 0 Å². The molecule has 200 valence electrons. The fourth-order valence-electron chi connectivity index (χ4n) is 5.22. The Hall–Kier alpha value is -2.25. The number of imidazole rings is 1. The number of rotatable bonds is 16. The number of hydrogen-bond acceptors (Lipinski definition) is 5. The van der Waals surface area contributed by atoms with E-state index in [0.29, 0.717) is 0 Å². The molecule has 0 aliphatic carbocycles. The topological polar surface area (TPSA) is 60.1 Å². The molecule has 0 bridgehead atoms. The lowest BCUT2D eigenvalue weighted by Crippen LogP contribution is -2.48. The van der Waals surface area contributed by atoms with Crippen LogP contribution in [0.15, 0.2) is 61.2 Å². The Bertz CT molecular complexity index is 971. The van der Waals surface area contributed by atoms with Gasteiger partial charge in [-0.15, -0.1) is 0 Å². The molecule has 4 rings (SSSR count). The summed E-state index contributed by atoms with van der Waals surface area (Å²) in [5.41, 5.74) is 3.62. The third-order valence-electron chi connectivity index (χ3n) is 7.36. The molecular formula is C30H43ClN6. The second-order valence-electron chi connectivity index (χ2n) is 10.1. The summed E-state index contributed by atoms with van der Waals surface area (Å²) in [5.74, 6) is 0. The third kappa shape index (κ3) is 9.53. The van der Waals surface area contributed by atoms with Crippen LogP contribution in [-0.2, 0) is 6.42 Å². The van der Waals surface area contributed by atoms with Gasteiger partial charge in [-0.2, -0.15) is 0 Å². The first kappa shape index (κ1) is 27.8. The zero-order chi connectivity index (χ0) is 25.5. The highest BCUT2D eigenvalue weighted by Crippen LogP contribution is 2.29. The third-order valence-corrected chi connectivity index (χ3v) is 7.61. The zero-order valence-corrected chi connectivity index (χ0v) is 22.9. The average molecular weight is 523 g/mol. The molecule has 1 unspecified atom stereocenters. The molecule has 0 amide bonds. The van der Waals surface area contributed by atoms with Crippen molar-refractivity contribution >= 4 is 11.6 Å². The minimum atomic E-state index is 0.186. The summed E-state index contributed by atoms with van der Waals surface area (Å²) < 4.78 is 0. The van der Waals surface area contributed by atoms with E-state index in [0.717, 1.165) is 56.4 Å². The molecular weight excluding hydrogens is 480 g/mol. The number of unbranched alkanes of at least 4 members (excludes halogenated alkanes) is 5. The van der Waals surface area contributed by atoms with Gasteiger partial charge in [-0.3, -0.25) is 9.88 Å². The zero-order valence-electron chi connectivity index (χ0n) is 22.1. The van der Waals surface area contributed by atoms with E-state index in [9.17, 15) is 0 Å². The monoisotopic (exact) mass is 522 g/mol. The number of piperazine rings is 1. The van der Waals surface area contributed by atoms with Gasteiger partial charge < -0.3 is 15.2 Å². The predicted octanol–water partition coefficient (Wildman–Crippen LogP) is 5.73. The number of nitrogens with zero attached hydrogens (tertiary/aromatic N) is 4. The maximum atomic E-state index is 6.16. The Morgan fingerprint density at radius 2 is 1.62 bits per heavy atom. The van der Waals surface area contributed by atoms with E-state index >= 15 is 0 Å². The van der Waals surface area contributed by atoms with Crippen molar-refractivity contribution in [3.63, 3.8) is 0 Å². The van der Waals surface area contributed by atoms with Crippen LogP contribution in [0.1, 0.15) is 67.9 Å². The van der Waals surface area contributed by atoms with Gasteiger partial charge in [0.15, 0.2) is 0 Å². The lowest BCUT2D eigenvalue weighted by Gasteiger charge is -2.39. The number of benzene rings is 1. The normalized spacial score (nSPS) is 15.7. The summed E-state index contributed by atoms with van der Waals surface area (Å²) in [6.45, 7) is 7.88. The standard InChI is InChI=1S/C30H43ClN6/c31-27-14-12-26(13-15-27)30(29-11-5-8-18-34-29)37-22-20-36(21-23-37)19-9-3-1-2-6-16-32-17-7-4-10-28-24-33-25-35-28/h5,8,11-15,18,24-25,30,32H,1-4,6-7,9-10,16-17,19-23H2,(H,33,35). The molecule has 1 fully saturated rings. The summed E-state index contributed by atoms with van der Waals surface area (Å²) in [4.78, 5) is 17.1. The maximum Gasteiger partial charge on any atom is 0.0921 e. The molecule has 0 saturated carbocycles. The van der Waals surface area contributed by atoms with Crippen molar-refractivity contribution in [2.45, 2.75) is 57.4 Å². The highest BCUT2D eigenvalue weighted by atomic mass is 35.5. The summed E-state index contributed by atoms with van der Waals surface area (Å²) >= 11 is 6.16. The first-order valence-electron chi connectivity index (χ1n) is 14.1. The second-order valence-corrected chi connectivity index (χ2v) is 10.6. The van der Waals surface area contributed by atoms with Gasteiger partial charge in [0.2, 0.25) is 0 Å². The summed E-state index contributed by atoms with van der Waals surface area (Å²) in [7, 11) is 0. The van der Waals surface area contributed by atoms with Crippen molar-refractivity contribution in [3.8, 4) is 0 Å². The number of aryl methyl sites for hydroxylation is 1. The minimum absolute atomic E-state index is 0.186. The van der Waals surface area contributed by atoms with E-state index in [1.807, 2.05) is 30.6 Å². The number of pyridine rings is 1. The molecule has 37 heavy (non-hydrogen) atoms. The Kier molecular flexibility index (Phi) is 11.9. The second kappa shape index (κ2) is 15.9. The molecule has 1 atom stereocenters. The fraction of sp³-hybridized carbons (Fsp3) is 0.533. The molecule has 2 N–H and O–H groups in total. The lowest BCUT2D eigenvalue weighted by molar-refractivity contribution is 0.107. The first-order valence-corrected chi connectivity index (χ1v) is 14.5. The van der Waals surface area contributed by atoms with Crippen molar-refractivity contribution in [2.75, 3.05) is 45.8 Å². The number of aromatic amines is 1. The van der Waals surface area contributed by atoms with Crippen LogP contribution in [0.25, 0.3) is 0 Å². The van der Waals surface area contributed by atoms with Gasteiger partial charge >= 0.3 is 0 Å². The molecule has 1 saturated heterocycles. The minimum Gasteiger partial charge on any atom is -0.348 e. The van der Waals surface area contributed by atoms with Crippen molar-refractivity contribution in [3.05, 3.63) is 83.2 Å². The van der Waals surface area contributed by atoms with Crippen LogP contribution in [0.3, 0.4) is 0 Å². The van der Waals surface area contributed by atoms with E-state index in [-0.39, 0.29) is 6.04 Å². The largest absolute Gasteiger partial charge is 0.348 e. The van der Waals surface area contributed by atoms with Crippen LogP contribution in [0, 0.1) is 0 Å². The molecule has 2 aromatic heterocycles. The molecule has 1 aromatic carbocycles. The van der Waals surface area contributed by atoms with E-state index in [1.165, 1.54) is 62.7 Å². The van der Waals surface area contributed by atoms with Crippen molar-refractivity contribution < 1.29 is 0 Å². The molecule has 7 heteroatoms. The molecule has 3 aromatic rings. The van der Waals surface area contributed by atoms with Gasteiger partial charge in [-0.25, -0.2) is 4.98 Å². The number of aromatic nitrogens is 3. The number of hydrogen-bond donors (Lipinski definition) is 2. The Morgan fingerprint density at radius 3 is 2.35 bits per heavy atom. The predicted molar refractivity (Wildman–Crippen MR) is 153 cm³/mol. The van der Waals surface area contributed by atoms with Crippen molar-refractivity contribution in [1.29, 1.82) is 0 Å². The first-order chi connectivity index (χ1) is 18.3. The summed E-state index contributed by atoms with van der Waals surface area (Å²) in [6, 6.07) is 14.7. The SMILES string of the molecule is Clc1ccc(C(c2ccccn2)N2CCN(CCCCCCCNCCCCc3cnc[nH]3)CC2)cc1. The summed E-state index contributed by atoms with van der Waals surface area (Å²) in [5, 5.41) is 4.38. The van der Waals surface area contributed by atoms with E-state index < -0.39 is 0 Å². The van der Waals surface area contributed by atoms with Crippen LogP contribution < -0.4 is 5.32 Å². The average Bonchev–Trinajstić information content (AvgIpc) is 3.46. The van der Waals surface area contributed by atoms with Gasteiger partial charge in [-0.05, 0) is 81.6 Å². The van der Waals surface area contributed by atoms with Gasteiger partial charge in [0, 0.05) is 49.3 Å². The van der Waals surface area contributed by atoms with Crippen LogP contribution >= 0.6 is 11.6 Å². The number of H-pyrrole nitrogens is 1. The molecule has 6 nitrogen and oxygen atoms in total. The Balaban J connectivity index is 1.05. The molecule has 0 spiro atoms. The quantitative estimate of drug-likeness (QED) is 0.235.